The molecule has 4 nitrogen and oxygen atoms in total. The number of nitrogens with zero attached hydrogens (tertiary/aromatic N) is 1. The summed E-state index contributed by atoms with van der Waals surface area (Å²) in [5.74, 6) is 2.26. The first-order valence-electron chi connectivity index (χ1n) is 9.74. The van der Waals surface area contributed by atoms with Gasteiger partial charge in [-0.3, -0.25) is 4.79 Å². The largest absolute Gasteiger partial charge is 0.507 e. The van der Waals surface area contributed by atoms with Crippen LogP contribution in [0, 0.1) is 23.7 Å². The van der Waals surface area contributed by atoms with Crippen molar-refractivity contribution in [2.75, 3.05) is 5.32 Å². The highest BCUT2D eigenvalue weighted by Gasteiger charge is 2.26. The van der Waals surface area contributed by atoms with Crippen molar-refractivity contribution < 1.29 is 9.90 Å². The van der Waals surface area contributed by atoms with E-state index in [2.05, 4.69) is 11.2 Å². The number of carbonyl (C=O) groups is 1. The maximum atomic E-state index is 12.6. The molecule has 0 saturated carbocycles. The van der Waals surface area contributed by atoms with Crippen molar-refractivity contribution in [1.29, 1.82) is 5.26 Å². The number of nitrogens with one attached hydrogen (secondary N) is 1. The molecule has 0 spiro atoms. The zero-order chi connectivity index (χ0) is 22.7. The highest BCUT2D eigenvalue weighted by molar-refractivity contribution is 6.09. The molecule has 2 aromatic rings. The molecule has 0 atom stereocenters. The van der Waals surface area contributed by atoms with Crippen LogP contribution < -0.4 is 5.32 Å². The number of phenols is 1. The molecule has 0 unspecified atom stereocenters. The molecule has 0 heterocycles. The third-order valence-corrected chi connectivity index (χ3v) is 4.73. The summed E-state index contributed by atoms with van der Waals surface area (Å²) >= 11 is 0. The predicted octanol–water partition coefficient (Wildman–Crippen LogP) is 5.51. The van der Waals surface area contributed by atoms with Crippen molar-refractivity contribution in [1.82, 2.24) is 0 Å². The predicted molar refractivity (Wildman–Crippen MR) is 122 cm³/mol. The maximum Gasteiger partial charge on any atom is 0.266 e. The van der Waals surface area contributed by atoms with Crippen LogP contribution in [-0.4, -0.2) is 11.0 Å². The molecule has 30 heavy (non-hydrogen) atoms. The van der Waals surface area contributed by atoms with Gasteiger partial charge in [0.05, 0.1) is 0 Å². The first-order chi connectivity index (χ1) is 13.9. The van der Waals surface area contributed by atoms with Crippen LogP contribution in [0.4, 0.5) is 5.69 Å². The summed E-state index contributed by atoms with van der Waals surface area (Å²) in [4.78, 5) is 12.6. The summed E-state index contributed by atoms with van der Waals surface area (Å²) in [5.41, 5.74) is 2.85. The number of aromatic hydroxyl groups is 1. The molecule has 2 aromatic carbocycles. The van der Waals surface area contributed by atoms with E-state index in [9.17, 15) is 15.2 Å². The fourth-order valence-corrected chi connectivity index (χ4v) is 3.05. The summed E-state index contributed by atoms with van der Waals surface area (Å²) in [7, 11) is 0. The smallest absolute Gasteiger partial charge is 0.266 e. The Morgan fingerprint density at radius 2 is 1.53 bits per heavy atom. The maximum absolute atomic E-state index is 12.6. The van der Waals surface area contributed by atoms with Gasteiger partial charge in [-0.2, -0.15) is 5.26 Å². The summed E-state index contributed by atoms with van der Waals surface area (Å²) in [6, 6.07) is 12.5. The molecule has 0 fully saturated rings. The molecule has 0 aliphatic carbocycles. The van der Waals surface area contributed by atoms with Gasteiger partial charge in [0.1, 0.15) is 17.4 Å². The van der Waals surface area contributed by atoms with Gasteiger partial charge in [-0.05, 0) is 58.9 Å². The van der Waals surface area contributed by atoms with Crippen molar-refractivity contribution in [3.63, 3.8) is 0 Å². The number of hydrogen-bond donors (Lipinski definition) is 2. The Hall–Kier alpha value is -3.50. The van der Waals surface area contributed by atoms with Crippen LogP contribution in [-0.2, 0) is 15.6 Å². The summed E-state index contributed by atoms with van der Waals surface area (Å²) in [5, 5.41) is 23.1. The van der Waals surface area contributed by atoms with Gasteiger partial charge in [-0.15, -0.1) is 6.42 Å². The van der Waals surface area contributed by atoms with Crippen LogP contribution in [0.2, 0.25) is 0 Å². The fourth-order valence-electron chi connectivity index (χ4n) is 3.05. The Morgan fingerprint density at radius 1 is 1.03 bits per heavy atom. The van der Waals surface area contributed by atoms with Gasteiger partial charge in [0.15, 0.2) is 0 Å². The lowest BCUT2D eigenvalue weighted by Crippen LogP contribution is -2.18. The third kappa shape index (κ3) is 5.31. The number of rotatable bonds is 3. The van der Waals surface area contributed by atoms with E-state index >= 15 is 0 Å². The number of benzene rings is 2. The molecular weight excluding hydrogens is 372 g/mol. The van der Waals surface area contributed by atoms with Crippen LogP contribution in [0.1, 0.15) is 63.8 Å². The molecule has 1 amide bonds. The van der Waals surface area contributed by atoms with E-state index < -0.39 is 5.91 Å². The minimum atomic E-state index is -0.506. The standard InChI is InChI=1S/C26H28N2O2/c1-8-17-9-11-20(12-10-17)28-24(30)19(16-27)13-18-14-21(25(2,3)4)23(29)22(15-18)26(5,6)7/h1,9-15,29H,2-7H3,(H,28,30)/b19-13+. The van der Waals surface area contributed by atoms with Gasteiger partial charge >= 0.3 is 0 Å². The molecule has 2 N–H and O–H groups in total. The molecule has 0 aliphatic rings. The molecule has 0 bridgehead atoms. The lowest BCUT2D eigenvalue weighted by Gasteiger charge is -2.28. The molecule has 0 aromatic heterocycles. The van der Waals surface area contributed by atoms with Gasteiger partial charge in [0, 0.05) is 22.4 Å². The summed E-state index contributed by atoms with van der Waals surface area (Å²) in [6.45, 7) is 12.1. The highest BCUT2D eigenvalue weighted by atomic mass is 16.3. The Kier molecular flexibility index (Phi) is 6.44. The van der Waals surface area contributed by atoms with Gasteiger partial charge in [0.2, 0.25) is 0 Å². The van der Waals surface area contributed by atoms with E-state index in [0.717, 1.165) is 11.1 Å². The van der Waals surface area contributed by atoms with Crippen molar-refractivity contribution in [2.24, 2.45) is 0 Å². The van der Waals surface area contributed by atoms with E-state index in [1.54, 1.807) is 30.3 Å². The zero-order valence-corrected chi connectivity index (χ0v) is 18.4. The summed E-state index contributed by atoms with van der Waals surface area (Å²) < 4.78 is 0. The first kappa shape index (κ1) is 22.8. The van der Waals surface area contributed by atoms with Crippen LogP contribution in [0.5, 0.6) is 5.75 Å². The average Bonchev–Trinajstić information content (AvgIpc) is 2.65. The lowest BCUT2D eigenvalue weighted by atomic mass is 9.78. The number of nitriles is 1. The zero-order valence-electron chi connectivity index (χ0n) is 18.4. The third-order valence-electron chi connectivity index (χ3n) is 4.73. The van der Waals surface area contributed by atoms with Crippen LogP contribution in [0.3, 0.4) is 0 Å². The highest BCUT2D eigenvalue weighted by Crippen LogP contribution is 2.40. The molecule has 0 radical (unpaired) electrons. The topological polar surface area (TPSA) is 73.1 Å². The number of terminal acetylenes is 1. The fraction of sp³-hybridized carbons (Fsp3) is 0.308. The van der Waals surface area contributed by atoms with Crippen LogP contribution >= 0.6 is 0 Å². The second-order valence-corrected chi connectivity index (χ2v) is 9.31. The summed E-state index contributed by atoms with van der Waals surface area (Å²) in [6.07, 6.45) is 6.90. The van der Waals surface area contributed by atoms with Gasteiger partial charge in [0.25, 0.3) is 5.91 Å². The average molecular weight is 401 g/mol. The molecule has 2 rings (SSSR count). The van der Waals surface area contributed by atoms with Crippen molar-refractivity contribution >= 4 is 17.7 Å². The van der Waals surface area contributed by atoms with Crippen molar-refractivity contribution in [3.05, 3.63) is 64.2 Å². The lowest BCUT2D eigenvalue weighted by molar-refractivity contribution is -0.112. The van der Waals surface area contributed by atoms with E-state index in [1.807, 2.05) is 59.7 Å². The molecule has 0 aliphatic heterocycles. The monoisotopic (exact) mass is 400 g/mol. The minimum Gasteiger partial charge on any atom is -0.507 e. The van der Waals surface area contributed by atoms with Crippen molar-refractivity contribution in [3.8, 4) is 24.2 Å². The number of amides is 1. The Bertz CT molecular complexity index is 1030. The Balaban J connectivity index is 2.48. The number of anilines is 1. The first-order valence-corrected chi connectivity index (χ1v) is 9.74. The Labute approximate surface area is 179 Å². The van der Waals surface area contributed by atoms with E-state index in [0.29, 0.717) is 16.8 Å². The second-order valence-electron chi connectivity index (χ2n) is 9.31. The van der Waals surface area contributed by atoms with E-state index in [1.165, 1.54) is 0 Å². The van der Waals surface area contributed by atoms with Gasteiger partial charge in [-0.1, -0.05) is 47.5 Å². The number of phenolic OH excluding ortho intramolecular Hbond substituents is 1. The van der Waals surface area contributed by atoms with E-state index in [-0.39, 0.29) is 22.2 Å². The number of carbonyl (C=O) groups excluding carboxylic acids is 1. The van der Waals surface area contributed by atoms with Crippen molar-refractivity contribution in [2.45, 2.75) is 52.4 Å². The van der Waals surface area contributed by atoms with Gasteiger partial charge in [-0.25, -0.2) is 0 Å². The minimum absolute atomic E-state index is 0.0264. The Morgan fingerprint density at radius 3 is 1.93 bits per heavy atom. The molecular formula is C26H28N2O2. The van der Waals surface area contributed by atoms with Crippen LogP contribution in [0.25, 0.3) is 6.08 Å². The number of hydrogen-bond acceptors (Lipinski definition) is 3. The molecule has 0 saturated heterocycles. The van der Waals surface area contributed by atoms with E-state index in [4.69, 9.17) is 6.42 Å². The SMILES string of the molecule is C#Cc1ccc(NC(=O)/C(C#N)=C/c2cc(C(C)(C)C)c(O)c(C(C)(C)C)c2)cc1. The second kappa shape index (κ2) is 8.47. The normalized spacial score (nSPS) is 12.1. The van der Waals surface area contributed by atoms with Crippen LogP contribution in [0.15, 0.2) is 42.0 Å². The molecule has 154 valence electrons. The quantitative estimate of drug-likeness (QED) is 0.405. The molecule has 4 heteroatoms. The van der Waals surface area contributed by atoms with Gasteiger partial charge < -0.3 is 10.4 Å².